The number of ether oxygens (including phenoxy) is 1. The molecule has 0 bridgehead atoms. The fourth-order valence-corrected chi connectivity index (χ4v) is 1.97. The maximum absolute atomic E-state index is 11.1. The standard InChI is InChI=1S/C11H18N2O2S/c1-3-15-11(14)5-4-6-12-9(2)10-7-16-8-13-10/h7-9,12H,3-6H2,1-2H3. The van der Waals surface area contributed by atoms with Crippen LogP contribution in [0.1, 0.15) is 38.4 Å². The van der Waals surface area contributed by atoms with Gasteiger partial charge in [-0.1, -0.05) is 0 Å². The summed E-state index contributed by atoms with van der Waals surface area (Å²) in [7, 11) is 0. The summed E-state index contributed by atoms with van der Waals surface area (Å²) < 4.78 is 4.84. The lowest BCUT2D eigenvalue weighted by atomic mass is 10.2. The van der Waals surface area contributed by atoms with E-state index in [4.69, 9.17) is 4.74 Å². The third kappa shape index (κ3) is 4.72. The van der Waals surface area contributed by atoms with Gasteiger partial charge in [0.2, 0.25) is 0 Å². The molecule has 1 aromatic heterocycles. The molecule has 0 saturated heterocycles. The summed E-state index contributed by atoms with van der Waals surface area (Å²) in [5.74, 6) is -0.120. The van der Waals surface area contributed by atoms with E-state index in [0.29, 0.717) is 13.0 Å². The summed E-state index contributed by atoms with van der Waals surface area (Å²) in [6.45, 7) is 5.15. The van der Waals surface area contributed by atoms with Gasteiger partial charge in [0.15, 0.2) is 0 Å². The second-order valence-corrected chi connectivity index (χ2v) is 4.22. The van der Waals surface area contributed by atoms with Crippen LogP contribution in [0.3, 0.4) is 0 Å². The van der Waals surface area contributed by atoms with Crippen LogP contribution >= 0.6 is 11.3 Å². The second kappa shape index (κ2) is 7.35. The Morgan fingerprint density at radius 1 is 1.69 bits per heavy atom. The Hall–Kier alpha value is -0.940. The Morgan fingerprint density at radius 3 is 3.12 bits per heavy atom. The molecule has 1 rings (SSSR count). The lowest BCUT2D eigenvalue weighted by molar-refractivity contribution is -0.143. The van der Waals surface area contributed by atoms with Crippen LogP contribution in [0.15, 0.2) is 10.9 Å². The van der Waals surface area contributed by atoms with E-state index in [9.17, 15) is 4.79 Å². The molecule has 0 amide bonds. The van der Waals surface area contributed by atoms with Crippen LogP contribution in [0.25, 0.3) is 0 Å². The Kier molecular flexibility index (Phi) is 6.03. The molecule has 0 aliphatic rings. The van der Waals surface area contributed by atoms with Gasteiger partial charge < -0.3 is 10.1 Å². The molecule has 90 valence electrons. The lowest BCUT2D eigenvalue weighted by Gasteiger charge is -2.10. The van der Waals surface area contributed by atoms with E-state index in [0.717, 1.165) is 18.7 Å². The van der Waals surface area contributed by atoms with Crippen LogP contribution in [0.4, 0.5) is 0 Å². The van der Waals surface area contributed by atoms with Gasteiger partial charge in [0.25, 0.3) is 0 Å². The van der Waals surface area contributed by atoms with Crippen molar-refractivity contribution in [2.75, 3.05) is 13.2 Å². The molecule has 1 atom stereocenters. The van der Waals surface area contributed by atoms with Crippen molar-refractivity contribution in [3.63, 3.8) is 0 Å². The summed E-state index contributed by atoms with van der Waals surface area (Å²) >= 11 is 1.59. The molecule has 0 aliphatic carbocycles. The van der Waals surface area contributed by atoms with Crippen LogP contribution in [0.5, 0.6) is 0 Å². The first-order chi connectivity index (χ1) is 7.74. The van der Waals surface area contributed by atoms with Crippen LogP contribution < -0.4 is 5.32 Å². The predicted molar refractivity (Wildman–Crippen MR) is 64.4 cm³/mol. The summed E-state index contributed by atoms with van der Waals surface area (Å²) in [6, 6.07) is 0.244. The number of nitrogens with one attached hydrogen (secondary N) is 1. The van der Waals surface area contributed by atoms with Crippen LogP contribution in [0.2, 0.25) is 0 Å². The zero-order chi connectivity index (χ0) is 11.8. The summed E-state index contributed by atoms with van der Waals surface area (Å²) in [5, 5.41) is 5.35. The highest BCUT2D eigenvalue weighted by atomic mass is 32.1. The maximum Gasteiger partial charge on any atom is 0.305 e. The van der Waals surface area contributed by atoms with E-state index < -0.39 is 0 Å². The minimum absolute atomic E-state index is 0.120. The highest BCUT2D eigenvalue weighted by Crippen LogP contribution is 2.11. The monoisotopic (exact) mass is 242 g/mol. The first-order valence-electron chi connectivity index (χ1n) is 5.51. The molecule has 1 heterocycles. The summed E-state index contributed by atoms with van der Waals surface area (Å²) in [6.07, 6.45) is 1.28. The van der Waals surface area contributed by atoms with Crippen molar-refractivity contribution in [1.82, 2.24) is 10.3 Å². The van der Waals surface area contributed by atoms with Gasteiger partial charge in [-0.05, 0) is 26.8 Å². The van der Waals surface area contributed by atoms with Gasteiger partial charge >= 0.3 is 5.97 Å². The van der Waals surface area contributed by atoms with Gasteiger partial charge in [0.05, 0.1) is 17.8 Å². The zero-order valence-corrected chi connectivity index (χ0v) is 10.5. The van der Waals surface area contributed by atoms with E-state index in [-0.39, 0.29) is 12.0 Å². The topological polar surface area (TPSA) is 51.2 Å². The summed E-state index contributed by atoms with van der Waals surface area (Å²) in [4.78, 5) is 15.3. The number of rotatable bonds is 7. The maximum atomic E-state index is 11.1. The minimum atomic E-state index is -0.120. The quantitative estimate of drug-likeness (QED) is 0.588. The van der Waals surface area contributed by atoms with E-state index in [1.807, 2.05) is 17.8 Å². The highest BCUT2D eigenvalue weighted by Gasteiger charge is 2.06. The molecule has 16 heavy (non-hydrogen) atoms. The normalized spacial score (nSPS) is 12.4. The first kappa shape index (κ1) is 13.1. The molecule has 0 radical (unpaired) electrons. The van der Waals surface area contributed by atoms with Gasteiger partial charge in [-0.25, -0.2) is 4.98 Å². The molecule has 0 aromatic carbocycles. The largest absolute Gasteiger partial charge is 0.466 e. The van der Waals surface area contributed by atoms with Crippen molar-refractivity contribution in [3.05, 3.63) is 16.6 Å². The third-order valence-electron chi connectivity index (χ3n) is 2.21. The van der Waals surface area contributed by atoms with E-state index in [1.165, 1.54) is 0 Å². The Morgan fingerprint density at radius 2 is 2.50 bits per heavy atom. The Balaban J connectivity index is 2.09. The van der Waals surface area contributed by atoms with Gasteiger partial charge in [-0.2, -0.15) is 0 Å². The van der Waals surface area contributed by atoms with Crippen molar-refractivity contribution in [2.24, 2.45) is 0 Å². The molecule has 0 spiro atoms. The number of carbonyl (C=O) groups excluding carboxylic acids is 1. The zero-order valence-electron chi connectivity index (χ0n) is 9.73. The van der Waals surface area contributed by atoms with E-state index in [1.54, 1.807) is 11.3 Å². The van der Waals surface area contributed by atoms with Crippen molar-refractivity contribution in [3.8, 4) is 0 Å². The Bertz CT molecular complexity index is 301. The fraction of sp³-hybridized carbons (Fsp3) is 0.636. The molecule has 0 saturated carbocycles. The van der Waals surface area contributed by atoms with Crippen LogP contribution in [-0.4, -0.2) is 24.1 Å². The number of thiazole rings is 1. The molecule has 0 aliphatic heterocycles. The lowest BCUT2D eigenvalue weighted by Crippen LogP contribution is -2.21. The number of carbonyl (C=O) groups is 1. The van der Waals surface area contributed by atoms with Crippen molar-refractivity contribution >= 4 is 17.3 Å². The van der Waals surface area contributed by atoms with E-state index in [2.05, 4.69) is 17.2 Å². The summed E-state index contributed by atoms with van der Waals surface area (Å²) in [5.41, 5.74) is 2.88. The molecule has 1 aromatic rings. The van der Waals surface area contributed by atoms with E-state index >= 15 is 0 Å². The van der Waals surface area contributed by atoms with Crippen molar-refractivity contribution < 1.29 is 9.53 Å². The molecular formula is C11H18N2O2S. The van der Waals surface area contributed by atoms with Gasteiger partial charge in [0, 0.05) is 17.8 Å². The first-order valence-corrected chi connectivity index (χ1v) is 6.45. The molecule has 1 unspecified atom stereocenters. The van der Waals surface area contributed by atoms with Crippen LogP contribution in [0, 0.1) is 0 Å². The number of nitrogens with zero attached hydrogens (tertiary/aromatic N) is 1. The van der Waals surface area contributed by atoms with Crippen molar-refractivity contribution in [1.29, 1.82) is 0 Å². The Labute approximate surface area is 100 Å². The highest BCUT2D eigenvalue weighted by molar-refractivity contribution is 7.07. The average molecular weight is 242 g/mol. The van der Waals surface area contributed by atoms with Crippen LogP contribution in [-0.2, 0) is 9.53 Å². The van der Waals surface area contributed by atoms with Crippen molar-refractivity contribution in [2.45, 2.75) is 32.7 Å². The average Bonchev–Trinajstić information content (AvgIpc) is 2.78. The number of hydrogen-bond donors (Lipinski definition) is 1. The molecular weight excluding hydrogens is 224 g/mol. The molecule has 4 nitrogen and oxygen atoms in total. The molecule has 0 fully saturated rings. The van der Waals surface area contributed by atoms with Gasteiger partial charge in [-0.15, -0.1) is 11.3 Å². The number of hydrogen-bond acceptors (Lipinski definition) is 5. The second-order valence-electron chi connectivity index (χ2n) is 3.50. The van der Waals surface area contributed by atoms with Gasteiger partial charge in [-0.3, -0.25) is 4.79 Å². The smallest absolute Gasteiger partial charge is 0.305 e. The SMILES string of the molecule is CCOC(=O)CCCNC(C)c1cscn1. The fourth-order valence-electron chi connectivity index (χ4n) is 1.32. The van der Waals surface area contributed by atoms with Gasteiger partial charge in [0.1, 0.15) is 0 Å². The predicted octanol–water partition coefficient (Wildman–Crippen LogP) is 2.14. The number of aromatic nitrogens is 1. The molecule has 1 N–H and O–H groups in total. The third-order valence-corrected chi connectivity index (χ3v) is 2.81. The number of esters is 1. The minimum Gasteiger partial charge on any atom is -0.466 e. The molecule has 5 heteroatoms.